The highest BCUT2D eigenvalue weighted by atomic mass is 15.2. The quantitative estimate of drug-likeness (QED) is 0.766. The molecule has 19 heavy (non-hydrogen) atoms. The lowest BCUT2D eigenvalue weighted by Crippen LogP contribution is -2.56. The van der Waals surface area contributed by atoms with Crippen LogP contribution in [0.3, 0.4) is 0 Å². The first-order chi connectivity index (χ1) is 9.36. The first-order valence-electron chi connectivity index (χ1n) is 8.44. The summed E-state index contributed by atoms with van der Waals surface area (Å²) in [5.41, 5.74) is 0. The van der Waals surface area contributed by atoms with Gasteiger partial charge in [0.2, 0.25) is 0 Å². The molecule has 0 aromatic heterocycles. The fourth-order valence-corrected chi connectivity index (χ4v) is 4.50. The summed E-state index contributed by atoms with van der Waals surface area (Å²) in [4.78, 5) is 2.71. The van der Waals surface area contributed by atoms with E-state index < -0.39 is 0 Å². The molecular formula is C17H30N2. The minimum atomic E-state index is 0.767. The SMILES string of the molecule is C=C[C@H]1CN2CC[C@H]1C[C@@H]2CNCC1CCCCC1. The van der Waals surface area contributed by atoms with Crippen LogP contribution in [0.1, 0.15) is 44.9 Å². The van der Waals surface area contributed by atoms with Gasteiger partial charge in [0.1, 0.15) is 0 Å². The number of piperidine rings is 3. The van der Waals surface area contributed by atoms with Crippen LogP contribution in [-0.2, 0) is 0 Å². The molecule has 2 bridgehead atoms. The molecule has 1 saturated carbocycles. The molecule has 0 spiro atoms. The van der Waals surface area contributed by atoms with E-state index in [9.17, 15) is 0 Å². The lowest BCUT2D eigenvalue weighted by Gasteiger charge is -2.49. The predicted octanol–water partition coefficient (Wildman–Crippen LogP) is 3.05. The summed E-state index contributed by atoms with van der Waals surface area (Å²) in [6.45, 7) is 9.08. The number of rotatable bonds is 5. The van der Waals surface area contributed by atoms with Crippen LogP contribution < -0.4 is 5.32 Å². The number of hydrogen-bond donors (Lipinski definition) is 1. The van der Waals surface area contributed by atoms with Gasteiger partial charge in [0, 0.05) is 19.1 Å². The molecule has 4 fully saturated rings. The molecule has 0 aromatic carbocycles. The van der Waals surface area contributed by atoms with Crippen molar-refractivity contribution >= 4 is 0 Å². The van der Waals surface area contributed by atoms with Crippen LogP contribution in [-0.4, -0.2) is 37.1 Å². The summed E-state index contributed by atoms with van der Waals surface area (Å²) in [5, 5.41) is 3.78. The molecule has 2 heteroatoms. The van der Waals surface area contributed by atoms with Crippen molar-refractivity contribution in [1.82, 2.24) is 10.2 Å². The summed E-state index contributed by atoms with van der Waals surface area (Å²) >= 11 is 0. The Morgan fingerprint density at radius 3 is 2.63 bits per heavy atom. The molecule has 0 aromatic rings. The normalized spacial score (nSPS) is 39.4. The lowest BCUT2D eigenvalue weighted by atomic mass is 9.75. The molecule has 0 radical (unpaired) electrons. The molecule has 1 unspecified atom stereocenters. The lowest BCUT2D eigenvalue weighted by molar-refractivity contribution is 0.0191. The Hall–Kier alpha value is -0.340. The zero-order valence-electron chi connectivity index (χ0n) is 12.3. The van der Waals surface area contributed by atoms with Crippen LogP contribution in [0.5, 0.6) is 0 Å². The Bertz CT molecular complexity index is 296. The van der Waals surface area contributed by atoms with Crippen LogP contribution in [0.25, 0.3) is 0 Å². The second-order valence-corrected chi connectivity index (χ2v) is 7.00. The van der Waals surface area contributed by atoms with Crippen molar-refractivity contribution in [1.29, 1.82) is 0 Å². The van der Waals surface area contributed by atoms with Crippen LogP contribution in [0, 0.1) is 17.8 Å². The van der Waals surface area contributed by atoms with Gasteiger partial charge < -0.3 is 5.32 Å². The van der Waals surface area contributed by atoms with Gasteiger partial charge in [-0.05, 0) is 56.5 Å². The maximum absolute atomic E-state index is 4.01. The number of nitrogens with zero attached hydrogens (tertiary/aromatic N) is 1. The Kier molecular flexibility index (Phi) is 4.60. The highest BCUT2D eigenvalue weighted by molar-refractivity contribution is 4.99. The van der Waals surface area contributed by atoms with Crippen molar-refractivity contribution in [3.63, 3.8) is 0 Å². The van der Waals surface area contributed by atoms with Gasteiger partial charge in [-0.1, -0.05) is 25.3 Å². The molecule has 1 N–H and O–H groups in total. The summed E-state index contributed by atoms with van der Waals surface area (Å²) in [7, 11) is 0. The van der Waals surface area contributed by atoms with Gasteiger partial charge in [0.25, 0.3) is 0 Å². The molecule has 4 rings (SSSR count). The summed E-state index contributed by atoms with van der Waals surface area (Å²) in [6.07, 6.45) is 12.3. The zero-order chi connectivity index (χ0) is 13.1. The minimum Gasteiger partial charge on any atom is -0.315 e. The summed E-state index contributed by atoms with van der Waals surface area (Å²) < 4.78 is 0. The maximum Gasteiger partial charge on any atom is 0.0223 e. The largest absolute Gasteiger partial charge is 0.315 e. The Morgan fingerprint density at radius 1 is 1.11 bits per heavy atom. The fraction of sp³-hybridized carbons (Fsp3) is 0.882. The van der Waals surface area contributed by atoms with Crippen LogP contribution in [0.15, 0.2) is 12.7 Å². The van der Waals surface area contributed by atoms with E-state index >= 15 is 0 Å². The van der Waals surface area contributed by atoms with E-state index in [0.29, 0.717) is 0 Å². The highest BCUT2D eigenvalue weighted by Crippen LogP contribution is 2.36. The van der Waals surface area contributed by atoms with E-state index in [1.165, 1.54) is 71.1 Å². The molecule has 108 valence electrons. The van der Waals surface area contributed by atoms with Crippen molar-refractivity contribution in [3.8, 4) is 0 Å². The molecule has 3 heterocycles. The zero-order valence-corrected chi connectivity index (χ0v) is 12.3. The molecule has 1 aliphatic carbocycles. The first-order valence-corrected chi connectivity index (χ1v) is 8.44. The molecule has 3 saturated heterocycles. The van der Waals surface area contributed by atoms with Crippen molar-refractivity contribution < 1.29 is 0 Å². The fourth-order valence-electron chi connectivity index (χ4n) is 4.50. The number of nitrogens with one attached hydrogen (secondary N) is 1. The van der Waals surface area contributed by atoms with Crippen molar-refractivity contribution in [2.45, 2.75) is 51.0 Å². The van der Waals surface area contributed by atoms with E-state index in [1.54, 1.807) is 0 Å². The highest BCUT2D eigenvalue weighted by Gasteiger charge is 2.38. The third-order valence-electron chi connectivity index (χ3n) is 5.77. The Labute approximate surface area is 118 Å². The van der Waals surface area contributed by atoms with Crippen molar-refractivity contribution in [2.75, 3.05) is 26.2 Å². The van der Waals surface area contributed by atoms with E-state index in [4.69, 9.17) is 0 Å². The Morgan fingerprint density at radius 2 is 1.95 bits per heavy atom. The van der Waals surface area contributed by atoms with E-state index in [-0.39, 0.29) is 0 Å². The molecule has 3 aliphatic heterocycles. The average Bonchev–Trinajstić information content (AvgIpc) is 2.49. The molecular weight excluding hydrogens is 232 g/mol. The number of fused-ring (bicyclic) bond motifs is 3. The maximum atomic E-state index is 4.01. The molecule has 0 amide bonds. The molecule has 4 aliphatic rings. The smallest absolute Gasteiger partial charge is 0.0223 e. The van der Waals surface area contributed by atoms with Gasteiger partial charge >= 0.3 is 0 Å². The van der Waals surface area contributed by atoms with Crippen molar-refractivity contribution in [3.05, 3.63) is 12.7 Å². The predicted molar refractivity (Wildman–Crippen MR) is 81.2 cm³/mol. The average molecular weight is 262 g/mol. The van der Waals surface area contributed by atoms with Gasteiger partial charge in [-0.25, -0.2) is 0 Å². The molecule has 2 nitrogen and oxygen atoms in total. The van der Waals surface area contributed by atoms with Gasteiger partial charge in [-0.2, -0.15) is 0 Å². The monoisotopic (exact) mass is 262 g/mol. The van der Waals surface area contributed by atoms with Gasteiger partial charge in [0.15, 0.2) is 0 Å². The first kappa shape index (κ1) is 13.6. The van der Waals surface area contributed by atoms with Crippen LogP contribution in [0.2, 0.25) is 0 Å². The van der Waals surface area contributed by atoms with E-state index in [0.717, 1.165) is 23.8 Å². The standard InChI is InChI=1S/C17H30N2/c1-2-15-13-19-9-8-16(15)10-17(19)12-18-11-14-6-4-3-5-7-14/h2,14-18H,1,3-13H2/t15-,16-,17+/m0/s1. The van der Waals surface area contributed by atoms with E-state index in [1.807, 2.05) is 0 Å². The van der Waals surface area contributed by atoms with Crippen LogP contribution >= 0.6 is 0 Å². The second kappa shape index (κ2) is 6.41. The van der Waals surface area contributed by atoms with Gasteiger partial charge in [-0.3, -0.25) is 4.90 Å². The minimum absolute atomic E-state index is 0.767. The third-order valence-corrected chi connectivity index (χ3v) is 5.77. The van der Waals surface area contributed by atoms with Crippen molar-refractivity contribution in [2.24, 2.45) is 17.8 Å². The topological polar surface area (TPSA) is 15.3 Å². The number of hydrogen-bond acceptors (Lipinski definition) is 2. The Balaban J connectivity index is 1.40. The molecule has 4 atom stereocenters. The third kappa shape index (κ3) is 3.22. The van der Waals surface area contributed by atoms with E-state index in [2.05, 4.69) is 22.9 Å². The summed E-state index contributed by atoms with van der Waals surface area (Å²) in [6, 6.07) is 0.804. The van der Waals surface area contributed by atoms with Crippen LogP contribution in [0.4, 0.5) is 0 Å². The van der Waals surface area contributed by atoms with Gasteiger partial charge in [-0.15, -0.1) is 6.58 Å². The van der Waals surface area contributed by atoms with Gasteiger partial charge in [0.05, 0.1) is 0 Å². The summed E-state index contributed by atoms with van der Waals surface area (Å²) in [5.74, 6) is 2.65. The second-order valence-electron chi connectivity index (χ2n) is 7.00.